The Morgan fingerprint density at radius 3 is 2.16 bits per heavy atom. The molecule has 0 aromatic heterocycles. The second-order valence-corrected chi connectivity index (χ2v) is 11.4. The zero-order valence-corrected chi connectivity index (χ0v) is 24.3. The molecule has 2 unspecified atom stereocenters. The molecule has 2 atom stereocenters. The van der Waals surface area contributed by atoms with Gasteiger partial charge in [-0.25, -0.2) is 4.79 Å². The van der Waals surface area contributed by atoms with Crippen LogP contribution in [0.2, 0.25) is 0 Å². The highest BCUT2D eigenvalue weighted by Crippen LogP contribution is 2.30. The minimum Gasteiger partial charge on any atom is -0.444 e. The zero-order chi connectivity index (χ0) is 28.5. The summed E-state index contributed by atoms with van der Waals surface area (Å²) in [6, 6.07) is 14.4. The van der Waals surface area contributed by atoms with Crippen molar-refractivity contribution in [3.63, 3.8) is 0 Å². The molecular weight excluding hydrogens is 478 g/mol. The Balaban J connectivity index is 2.44. The summed E-state index contributed by atoms with van der Waals surface area (Å²) in [5.74, 6) is -0.155. The van der Waals surface area contributed by atoms with Gasteiger partial charge in [0.25, 0.3) is 0 Å². The first-order valence-electron chi connectivity index (χ1n) is 13.5. The summed E-state index contributed by atoms with van der Waals surface area (Å²) in [6.45, 7) is 15.6. The van der Waals surface area contributed by atoms with Crippen LogP contribution in [0.15, 0.2) is 48.5 Å². The number of nitrogens with one attached hydrogen (secondary N) is 2. The Kier molecular flexibility index (Phi) is 11.4. The predicted molar refractivity (Wildman–Crippen MR) is 152 cm³/mol. The quantitative estimate of drug-likeness (QED) is 0.387. The molecule has 0 spiro atoms. The van der Waals surface area contributed by atoms with E-state index in [9.17, 15) is 14.4 Å². The van der Waals surface area contributed by atoms with Crippen LogP contribution in [0.3, 0.4) is 0 Å². The molecule has 0 heterocycles. The summed E-state index contributed by atoms with van der Waals surface area (Å²) in [6.07, 6.45) is 0.955. The first-order chi connectivity index (χ1) is 17.8. The number of nitrogens with zero attached hydrogens (tertiary/aromatic N) is 1. The second-order valence-electron chi connectivity index (χ2n) is 11.4. The average Bonchev–Trinajstić information content (AvgIpc) is 2.84. The highest BCUT2D eigenvalue weighted by atomic mass is 16.6. The molecule has 2 aromatic carbocycles. The van der Waals surface area contributed by atoms with Crippen LogP contribution in [0, 0.1) is 19.8 Å². The third kappa shape index (κ3) is 9.51. The largest absolute Gasteiger partial charge is 0.444 e. The van der Waals surface area contributed by atoms with Crippen molar-refractivity contribution < 1.29 is 19.1 Å². The topological polar surface area (TPSA) is 87.7 Å². The molecule has 0 aliphatic rings. The zero-order valence-electron chi connectivity index (χ0n) is 24.3. The van der Waals surface area contributed by atoms with Gasteiger partial charge in [0.2, 0.25) is 11.8 Å². The lowest BCUT2D eigenvalue weighted by molar-refractivity contribution is -0.143. The molecule has 0 saturated carbocycles. The van der Waals surface area contributed by atoms with E-state index in [0.29, 0.717) is 12.5 Å². The van der Waals surface area contributed by atoms with Gasteiger partial charge < -0.3 is 20.3 Å². The molecular formula is C31H45N3O4. The summed E-state index contributed by atoms with van der Waals surface area (Å²) in [7, 11) is 0. The summed E-state index contributed by atoms with van der Waals surface area (Å²) in [4.78, 5) is 41.6. The average molecular weight is 524 g/mol. The number of hydrogen-bond donors (Lipinski definition) is 2. The van der Waals surface area contributed by atoms with E-state index in [2.05, 4.69) is 24.5 Å². The van der Waals surface area contributed by atoms with Gasteiger partial charge in [0.05, 0.1) is 0 Å². The van der Waals surface area contributed by atoms with Gasteiger partial charge in [-0.15, -0.1) is 0 Å². The molecule has 2 aromatic rings. The van der Waals surface area contributed by atoms with Crippen molar-refractivity contribution >= 4 is 17.9 Å². The van der Waals surface area contributed by atoms with E-state index in [0.717, 1.165) is 35.1 Å². The van der Waals surface area contributed by atoms with E-state index in [1.54, 1.807) is 25.7 Å². The number of alkyl carbamates (subject to hydrolysis) is 1. The SMILES string of the molecule is Cc1cccc(C(C(=O)NCc2ccccc2)N(C(=O)CNC(=O)OC(C)(C)C)C(C)CCC(C)C)c1C. The Hall–Kier alpha value is -3.35. The maximum atomic E-state index is 13.9. The summed E-state index contributed by atoms with van der Waals surface area (Å²) in [5, 5.41) is 5.63. The molecule has 0 aliphatic carbocycles. The molecule has 38 heavy (non-hydrogen) atoms. The first kappa shape index (κ1) is 30.9. The molecule has 7 nitrogen and oxygen atoms in total. The fourth-order valence-corrected chi connectivity index (χ4v) is 4.28. The predicted octanol–water partition coefficient (Wildman–Crippen LogP) is 5.84. The molecule has 0 saturated heterocycles. The molecule has 0 aliphatic heterocycles. The Labute approximate surface area is 228 Å². The monoisotopic (exact) mass is 523 g/mol. The highest BCUT2D eigenvalue weighted by Gasteiger charge is 2.36. The first-order valence-corrected chi connectivity index (χ1v) is 13.5. The lowest BCUT2D eigenvalue weighted by Gasteiger charge is -2.37. The van der Waals surface area contributed by atoms with Crippen molar-refractivity contribution in [2.24, 2.45) is 5.92 Å². The Morgan fingerprint density at radius 2 is 1.55 bits per heavy atom. The molecule has 0 bridgehead atoms. The van der Waals surface area contributed by atoms with E-state index in [-0.39, 0.29) is 24.4 Å². The maximum Gasteiger partial charge on any atom is 0.408 e. The summed E-state index contributed by atoms with van der Waals surface area (Å²) < 4.78 is 5.32. The van der Waals surface area contributed by atoms with Crippen LogP contribution in [-0.4, -0.2) is 41.0 Å². The van der Waals surface area contributed by atoms with Crippen LogP contribution in [0.1, 0.15) is 82.7 Å². The van der Waals surface area contributed by atoms with Crippen LogP contribution < -0.4 is 10.6 Å². The number of amides is 3. The lowest BCUT2D eigenvalue weighted by Crippen LogP contribution is -2.51. The molecule has 0 fully saturated rings. The van der Waals surface area contributed by atoms with Gasteiger partial charge in [-0.1, -0.05) is 62.4 Å². The van der Waals surface area contributed by atoms with Crippen LogP contribution in [0.5, 0.6) is 0 Å². The fraction of sp³-hybridized carbons (Fsp3) is 0.516. The van der Waals surface area contributed by atoms with Gasteiger partial charge in [-0.3, -0.25) is 9.59 Å². The molecule has 2 rings (SSSR count). The van der Waals surface area contributed by atoms with E-state index in [1.165, 1.54) is 0 Å². The molecule has 2 N–H and O–H groups in total. The normalized spacial score (nSPS) is 13.0. The highest BCUT2D eigenvalue weighted by molar-refractivity contribution is 5.91. The van der Waals surface area contributed by atoms with Crippen LogP contribution in [-0.2, 0) is 20.9 Å². The fourth-order valence-electron chi connectivity index (χ4n) is 4.28. The van der Waals surface area contributed by atoms with Gasteiger partial charge >= 0.3 is 6.09 Å². The molecule has 0 radical (unpaired) electrons. The lowest BCUT2D eigenvalue weighted by atomic mass is 9.93. The number of ether oxygens (including phenoxy) is 1. The van der Waals surface area contributed by atoms with Gasteiger partial charge in [-0.2, -0.15) is 0 Å². The number of aryl methyl sites for hydroxylation is 1. The van der Waals surface area contributed by atoms with Crippen molar-refractivity contribution in [1.82, 2.24) is 15.5 Å². The van der Waals surface area contributed by atoms with Gasteiger partial charge in [0.1, 0.15) is 18.2 Å². The number of carbonyl (C=O) groups excluding carboxylic acids is 3. The third-order valence-electron chi connectivity index (χ3n) is 6.48. The van der Waals surface area contributed by atoms with Crippen LogP contribution >= 0.6 is 0 Å². The van der Waals surface area contributed by atoms with Crippen LogP contribution in [0.25, 0.3) is 0 Å². The minimum absolute atomic E-state index is 0.238. The van der Waals surface area contributed by atoms with Gasteiger partial charge in [0, 0.05) is 12.6 Å². The van der Waals surface area contributed by atoms with E-state index in [4.69, 9.17) is 4.74 Å². The smallest absolute Gasteiger partial charge is 0.408 e. The van der Waals surface area contributed by atoms with Crippen molar-refractivity contribution in [2.75, 3.05) is 6.54 Å². The molecule has 3 amide bonds. The maximum absolute atomic E-state index is 13.9. The van der Waals surface area contributed by atoms with Crippen molar-refractivity contribution in [3.8, 4) is 0 Å². The number of rotatable bonds is 11. The molecule has 7 heteroatoms. The number of carbonyl (C=O) groups is 3. The van der Waals surface area contributed by atoms with E-state index in [1.807, 2.05) is 69.3 Å². The number of benzene rings is 2. The minimum atomic E-state index is -0.853. The van der Waals surface area contributed by atoms with Crippen molar-refractivity contribution in [1.29, 1.82) is 0 Å². The second kappa shape index (κ2) is 14.0. The standard InChI is InChI=1S/C31H45N3O4/c1-21(2)17-18-23(4)34(27(35)20-33-30(37)38-31(6,7)8)28(26-16-12-13-22(3)24(26)5)29(36)32-19-25-14-10-9-11-15-25/h9-16,21,23,28H,17-20H2,1-8H3,(H,32,36)(H,33,37). The summed E-state index contributed by atoms with van der Waals surface area (Å²) in [5.41, 5.74) is 3.06. The van der Waals surface area contributed by atoms with E-state index >= 15 is 0 Å². The summed E-state index contributed by atoms with van der Waals surface area (Å²) >= 11 is 0. The van der Waals surface area contributed by atoms with Gasteiger partial charge in [0.15, 0.2) is 0 Å². The van der Waals surface area contributed by atoms with E-state index < -0.39 is 17.7 Å². The van der Waals surface area contributed by atoms with Crippen molar-refractivity contribution in [3.05, 3.63) is 70.8 Å². The van der Waals surface area contributed by atoms with Crippen molar-refractivity contribution in [2.45, 2.75) is 92.5 Å². The third-order valence-corrected chi connectivity index (χ3v) is 6.48. The van der Waals surface area contributed by atoms with Gasteiger partial charge in [-0.05, 0) is 82.6 Å². The van der Waals surface area contributed by atoms with Crippen LogP contribution in [0.4, 0.5) is 4.79 Å². The Bertz CT molecular complexity index is 1080. The number of hydrogen-bond acceptors (Lipinski definition) is 4. The molecule has 208 valence electrons. The Morgan fingerprint density at radius 1 is 0.895 bits per heavy atom.